The van der Waals surface area contributed by atoms with Crippen LogP contribution in [0.25, 0.3) is 0 Å². The van der Waals surface area contributed by atoms with Crippen LogP contribution in [0.5, 0.6) is 0 Å². The molecule has 124 valence electrons. The van der Waals surface area contributed by atoms with E-state index >= 15 is 0 Å². The fourth-order valence-corrected chi connectivity index (χ4v) is 3.22. The molecule has 0 heterocycles. The molecule has 3 atom stereocenters. The van der Waals surface area contributed by atoms with Crippen LogP contribution in [-0.4, -0.2) is 31.3 Å². The molecule has 22 heavy (non-hydrogen) atoms. The minimum absolute atomic E-state index is 0.0256. The van der Waals surface area contributed by atoms with E-state index in [1.807, 2.05) is 6.92 Å². The maximum Gasteiger partial charge on any atom is 0.333 e. The van der Waals surface area contributed by atoms with Gasteiger partial charge in [0, 0.05) is 24.5 Å². The molecule has 0 aliphatic heterocycles. The molecule has 1 amide bonds. The van der Waals surface area contributed by atoms with E-state index in [0.717, 1.165) is 31.1 Å². The fraction of sp³-hybridized carbons (Fsp3) is 0.706. The molecule has 1 N–H and O–H groups in total. The third-order valence-corrected chi connectivity index (χ3v) is 4.51. The van der Waals surface area contributed by atoms with Crippen molar-refractivity contribution in [1.29, 1.82) is 0 Å². The average molecular weight is 309 g/mol. The third-order valence-electron chi connectivity index (χ3n) is 4.51. The van der Waals surface area contributed by atoms with E-state index in [4.69, 9.17) is 4.74 Å². The summed E-state index contributed by atoms with van der Waals surface area (Å²) >= 11 is 0. The van der Waals surface area contributed by atoms with E-state index in [0.29, 0.717) is 24.3 Å². The first-order valence-corrected chi connectivity index (χ1v) is 7.94. The number of aldehydes is 1. The lowest BCUT2D eigenvalue weighted by Gasteiger charge is -2.23. The number of carbonyl (C=O) groups excluding carboxylic acids is 3. The van der Waals surface area contributed by atoms with Crippen LogP contribution in [0.3, 0.4) is 0 Å². The van der Waals surface area contributed by atoms with Gasteiger partial charge >= 0.3 is 5.97 Å². The van der Waals surface area contributed by atoms with Crippen molar-refractivity contribution in [3.05, 3.63) is 11.1 Å². The summed E-state index contributed by atoms with van der Waals surface area (Å²) in [6.45, 7) is 5.63. The van der Waals surface area contributed by atoms with Crippen molar-refractivity contribution in [2.45, 2.75) is 58.9 Å². The molecule has 0 aromatic rings. The summed E-state index contributed by atoms with van der Waals surface area (Å²) < 4.78 is 4.82. The first kappa shape index (κ1) is 18.4. The van der Waals surface area contributed by atoms with Gasteiger partial charge in [-0.1, -0.05) is 18.9 Å². The molecule has 5 nitrogen and oxygen atoms in total. The Morgan fingerprint density at radius 1 is 1.41 bits per heavy atom. The average Bonchev–Trinajstić information content (AvgIpc) is 2.89. The Morgan fingerprint density at radius 2 is 2.09 bits per heavy atom. The Labute approximate surface area is 132 Å². The van der Waals surface area contributed by atoms with E-state index in [-0.39, 0.29) is 23.8 Å². The molecule has 0 radical (unpaired) electrons. The monoisotopic (exact) mass is 309 g/mol. The van der Waals surface area contributed by atoms with Crippen molar-refractivity contribution in [2.24, 2.45) is 11.8 Å². The number of esters is 1. The summed E-state index contributed by atoms with van der Waals surface area (Å²) in [6, 6.07) is 0.105. The molecular formula is C17H27NO4. The highest BCUT2D eigenvalue weighted by Gasteiger charge is 2.29. The van der Waals surface area contributed by atoms with Gasteiger partial charge in [-0.2, -0.15) is 0 Å². The first-order chi connectivity index (χ1) is 10.4. The maximum atomic E-state index is 11.8. The number of ether oxygens (including phenoxy) is 1. The zero-order chi connectivity index (χ0) is 16.7. The lowest BCUT2D eigenvalue weighted by Crippen LogP contribution is -2.36. The van der Waals surface area contributed by atoms with Crippen LogP contribution < -0.4 is 5.32 Å². The van der Waals surface area contributed by atoms with Gasteiger partial charge in [0.15, 0.2) is 0 Å². The highest BCUT2D eigenvalue weighted by molar-refractivity contribution is 5.90. The highest BCUT2D eigenvalue weighted by Crippen LogP contribution is 2.35. The topological polar surface area (TPSA) is 72.5 Å². The van der Waals surface area contributed by atoms with E-state index < -0.39 is 0 Å². The normalized spacial score (nSPS) is 20.5. The second-order valence-corrected chi connectivity index (χ2v) is 6.07. The van der Waals surface area contributed by atoms with Crippen LogP contribution in [0.2, 0.25) is 0 Å². The van der Waals surface area contributed by atoms with Gasteiger partial charge in [-0.05, 0) is 38.5 Å². The predicted octanol–water partition coefficient (Wildman–Crippen LogP) is 2.40. The largest absolute Gasteiger partial charge is 0.466 e. The van der Waals surface area contributed by atoms with Crippen LogP contribution in [0, 0.1) is 11.8 Å². The summed E-state index contributed by atoms with van der Waals surface area (Å²) in [7, 11) is 1.37. The number of methoxy groups -OCH3 is 1. The lowest BCUT2D eigenvalue weighted by atomic mass is 9.90. The first-order valence-electron chi connectivity index (χ1n) is 7.94. The molecule has 0 aromatic heterocycles. The Balaban J connectivity index is 2.71. The number of hydrogen-bond acceptors (Lipinski definition) is 4. The van der Waals surface area contributed by atoms with Gasteiger partial charge in [0.25, 0.3) is 0 Å². The zero-order valence-corrected chi connectivity index (χ0v) is 14.0. The Kier molecular flexibility index (Phi) is 7.28. The quantitative estimate of drug-likeness (QED) is 0.552. The van der Waals surface area contributed by atoms with Crippen LogP contribution in [0.4, 0.5) is 0 Å². The van der Waals surface area contributed by atoms with Gasteiger partial charge < -0.3 is 14.8 Å². The van der Waals surface area contributed by atoms with Gasteiger partial charge in [-0.3, -0.25) is 4.79 Å². The summed E-state index contributed by atoms with van der Waals surface area (Å²) in [5.74, 6) is -0.0906. The Bertz CT molecular complexity index is 456. The minimum atomic E-state index is -0.317. The smallest absolute Gasteiger partial charge is 0.333 e. The molecule has 5 heteroatoms. The Morgan fingerprint density at radius 3 is 2.59 bits per heavy atom. The maximum absolute atomic E-state index is 11.8. The SMILES string of the molecule is CCC(CCC1=C(C(=O)OC)C[C@H](C=O)C1)C(C)NC(C)=O. The molecule has 1 rings (SSSR count). The Hall–Kier alpha value is -1.65. The lowest BCUT2D eigenvalue weighted by molar-refractivity contribution is -0.136. The van der Waals surface area contributed by atoms with Gasteiger partial charge in [0.05, 0.1) is 7.11 Å². The summed E-state index contributed by atoms with van der Waals surface area (Å²) in [6.07, 6.45) is 4.69. The van der Waals surface area contributed by atoms with E-state index in [9.17, 15) is 14.4 Å². The molecule has 0 saturated heterocycles. The summed E-state index contributed by atoms with van der Waals surface area (Å²) in [5.41, 5.74) is 1.71. The second-order valence-electron chi connectivity index (χ2n) is 6.07. The van der Waals surface area contributed by atoms with Crippen LogP contribution in [-0.2, 0) is 19.1 Å². The third kappa shape index (κ3) is 4.97. The molecule has 2 unspecified atom stereocenters. The second kappa shape index (κ2) is 8.71. The van der Waals surface area contributed by atoms with E-state index in [2.05, 4.69) is 12.2 Å². The van der Waals surface area contributed by atoms with Crippen molar-refractivity contribution in [1.82, 2.24) is 5.32 Å². The number of amides is 1. The van der Waals surface area contributed by atoms with Gasteiger partial charge in [0.1, 0.15) is 6.29 Å². The number of carbonyl (C=O) groups is 3. The van der Waals surface area contributed by atoms with Crippen molar-refractivity contribution < 1.29 is 19.1 Å². The molecular weight excluding hydrogens is 282 g/mol. The van der Waals surface area contributed by atoms with Gasteiger partial charge in [-0.15, -0.1) is 0 Å². The van der Waals surface area contributed by atoms with Crippen LogP contribution in [0.1, 0.15) is 52.9 Å². The highest BCUT2D eigenvalue weighted by atomic mass is 16.5. The fourth-order valence-electron chi connectivity index (χ4n) is 3.22. The van der Waals surface area contributed by atoms with Crippen LogP contribution >= 0.6 is 0 Å². The zero-order valence-electron chi connectivity index (χ0n) is 14.0. The molecule has 1 aliphatic carbocycles. The molecule has 0 saturated carbocycles. The molecule has 0 aromatic carbocycles. The van der Waals surface area contributed by atoms with Crippen molar-refractivity contribution >= 4 is 18.2 Å². The van der Waals surface area contributed by atoms with Crippen molar-refractivity contribution in [2.75, 3.05) is 7.11 Å². The van der Waals surface area contributed by atoms with Crippen molar-refractivity contribution in [3.63, 3.8) is 0 Å². The van der Waals surface area contributed by atoms with E-state index in [1.165, 1.54) is 14.0 Å². The molecule has 0 fully saturated rings. The van der Waals surface area contributed by atoms with Crippen molar-refractivity contribution in [3.8, 4) is 0 Å². The summed E-state index contributed by atoms with van der Waals surface area (Å²) in [5, 5.41) is 2.93. The van der Waals surface area contributed by atoms with Crippen LogP contribution in [0.15, 0.2) is 11.1 Å². The predicted molar refractivity (Wildman–Crippen MR) is 84.1 cm³/mol. The number of rotatable bonds is 8. The number of allylic oxidation sites excluding steroid dienone is 1. The van der Waals surface area contributed by atoms with Gasteiger partial charge in [-0.25, -0.2) is 4.79 Å². The number of nitrogens with one attached hydrogen (secondary N) is 1. The van der Waals surface area contributed by atoms with E-state index in [1.54, 1.807) is 0 Å². The minimum Gasteiger partial charge on any atom is -0.466 e. The van der Waals surface area contributed by atoms with Gasteiger partial charge in [0.2, 0.25) is 5.91 Å². The molecule has 0 spiro atoms. The standard InChI is InChI=1S/C17H27NO4/c1-5-14(11(2)18-12(3)20)6-7-15-8-13(10-19)9-16(15)17(21)22-4/h10-11,13-14H,5-9H2,1-4H3,(H,18,20)/t11?,13-,14?/m1/s1. The number of hydrogen-bond donors (Lipinski definition) is 1. The molecule has 0 bridgehead atoms. The molecule has 1 aliphatic rings. The summed E-state index contributed by atoms with van der Waals surface area (Å²) in [4.78, 5) is 34.0.